The number of aryl methyl sites for hydroxylation is 1. The first kappa shape index (κ1) is 20.8. The Kier molecular flexibility index (Phi) is 6.32. The number of piperazine rings is 1. The lowest BCUT2D eigenvalue weighted by Gasteiger charge is -2.31. The number of thiophene rings is 1. The van der Waals surface area contributed by atoms with E-state index in [4.69, 9.17) is 0 Å². The van der Waals surface area contributed by atoms with Gasteiger partial charge in [0.05, 0.1) is 36.7 Å². The molecule has 0 spiro atoms. The summed E-state index contributed by atoms with van der Waals surface area (Å²) >= 11 is 4.80. The van der Waals surface area contributed by atoms with Crippen molar-refractivity contribution in [2.45, 2.75) is 6.92 Å². The molecule has 5 nitrogen and oxygen atoms in total. The molecule has 1 aliphatic heterocycles. The molecular formula is C23H22BrN3O2S. The third kappa shape index (κ3) is 4.64. The van der Waals surface area contributed by atoms with Gasteiger partial charge < -0.3 is 10.0 Å². The predicted octanol–water partition coefficient (Wildman–Crippen LogP) is 3.32. The van der Waals surface area contributed by atoms with Gasteiger partial charge in [0, 0.05) is 22.8 Å². The Morgan fingerprint density at radius 3 is 2.60 bits per heavy atom. The lowest BCUT2D eigenvalue weighted by atomic mass is 10.1. The summed E-state index contributed by atoms with van der Waals surface area (Å²) in [5.74, 6) is 0.0784. The number of halogens is 1. The quantitative estimate of drug-likeness (QED) is 0.578. The normalized spacial score (nSPS) is 15.1. The van der Waals surface area contributed by atoms with E-state index in [9.17, 15) is 9.90 Å². The number of rotatable bonds is 4. The van der Waals surface area contributed by atoms with Crippen LogP contribution >= 0.6 is 27.3 Å². The van der Waals surface area contributed by atoms with E-state index in [0.29, 0.717) is 10.0 Å². The second kappa shape index (κ2) is 9.12. The van der Waals surface area contributed by atoms with Crippen LogP contribution in [0.3, 0.4) is 0 Å². The first-order valence-electron chi connectivity index (χ1n) is 9.80. The average molecular weight is 484 g/mol. The first-order valence-corrected chi connectivity index (χ1v) is 11.5. The van der Waals surface area contributed by atoms with Gasteiger partial charge in [0.25, 0.3) is 5.91 Å². The number of nitrogens with one attached hydrogen (secondary N) is 1. The Hall–Kier alpha value is -2.48. The Bertz CT molecular complexity index is 1060. The van der Waals surface area contributed by atoms with Gasteiger partial charge in [-0.15, -0.1) is 11.3 Å². The molecule has 2 aromatic carbocycles. The zero-order chi connectivity index (χ0) is 21.1. The third-order valence-electron chi connectivity index (χ3n) is 5.23. The largest absolute Gasteiger partial charge is 0.871 e. The topological polar surface area (TPSA) is 60.2 Å². The number of hydrogen-bond acceptors (Lipinski definition) is 4. The zero-order valence-electron chi connectivity index (χ0n) is 16.6. The van der Waals surface area contributed by atoms with E-state index >= 15 is 0 Å². The summed E-state index contributed by atoms with van der Waals surface area (Å²) in [7, 11) is 0. The van der Waals surface area contributed by atoms with Crippen molar-refractivity contribution in [1.29, 1.82) is 0 Å². The molecule has 154 valence electrons. The van der Waals surface area contributed by atoms with Crippen molar-refractivity contribution in [3.63, 3.8) is 0 Å². The van der Waals surface area contributed by atoms with Crippen LogP contribution in [-0.4, -0.2) is 43.2 Å². The highest BCUT2D eigenvalue weighted by molar-refractivity contribution is 9.10. The predicted molar refractivity (Wildman–Crippen MR) is 123 cm³/mol. The summed E-state index contributed by atoms with van der Waals surface area (Å²) in [6.45, 7) is 5.22. The number of nitrogens with zero attached hydrogens (tertiary/aromatic N) is 2. The smallest absolute Gasteiger partial charge is 0.264 e. The van der Waals surface area contributed by atoms with E-state index in [1.807, 2.05) is 53.6 Å². The van der Waals surface area contributed by atoms with Crippen molar-refractivity contribution in [1.82, 2.24) is 4.90 Å². The van der Waals surface area contributed by atoms with Crippen molar-refractivity contribution in [2.24, 2.45) is 4.99 Å². The zero-order valence-corrected chi connectivity index (χ0v) is 19.0. The Morgan fingerprint density at radius 1 is 1.20 bits per heavy atom. The third-order valence-corrected chi connectivity index (χ3v) is 6.68. The van der Waals surface area contributed by atoms with Crippen molar-refractivity contribution in [3.05, 3.63) is 74.4 Å². The highest BCUT2D eigenvalue weighted by Gasteiger charge is 2.26. The van der Waals surface area contributed by atoms with E-state index in [-0.39, 0.29) is 11.7 Å². The monoisotopic (exact) mass is 483 g/mol. The molecule has 1 aromatic heterocycles. The second-order valence-corrected chi connectivity index (χ2v) is 9.15. The molecule has 30 heavy (non-hydrogen) atoms. The summed E-state index contributed by atoms with van der Waals surface area (Å²) in [6, 6.07) is 15.5. The fourth-order valence-electron chi connectivity index (χ4n) is 3.60. The Morgan fingerprint density at radius 2 is 1.93 bits per heavy atom. The first-order chi connectivity index (χ1) is 14.5. The molecule has 3 aromatic rings. The second-order valence-electron chi connectivity index (χ2n) is 7.34. The van der Waals surface area contributed by atoms with Gasteiger partial charge in [0.15, 0.2) is 0 Å². The minimum absolute atomic E-state index is 0.0552. The summed E-state index contributed by atoms with van der Waals surface area (Å²) in [5.41, 5.74) is 3.59. The molecule has 1 aliphatic rings. The lowest BCUT2D eigenvalue weighted by molar-refractivity contribution is -0.837. The number of carbonyl (C=O) groups is 1. The molecule has 1 saturated heterocycles. The minimum atomic E-state index is -0.0552. The van der Waals surface area contributed by atoms with Gasteiger partial charge in [-0.1, -0.05) is 33.8 Å². The van der Waals surface area contributed by atoms with Crippen molar-refractivity contribution in [2.75, 3.05) is 26.2 Å². The van der Waals surface area contributed by atoms with E-state index < -0.39 is 0 Å². The number of quaternary nitrogens is 1. The van der Waals surface area contributed by atoms with Crippen LogP contribution in [-0.2, 0) is 0 Å². The molecule has 1 fully saturated rings. The molecule has 7 heteroatoms. The average Bonchev–Trinajstić information content (AvgIpc) is 3.30. The highest BCUT2D eigenvalue weighted by Crippen LogP contribution is 2.26. The van der Waals surface area contributed by atoms with E-state index in [2.05, 4.69) is 33.1 Å². The van der Waals surface area contributed by atoms with Crippen LogP contribution in [0, 0.1) is 6.92 Å². The van der Waals surface area contributed by atoms with Gasteiger partial charge in [0.1, 0.15) is 5.69 Å². The number of carbonyl (C=O) groups excluding carboxylic acids is 1. The summed E-state index contributed by atoms with van der Waals surface area (Å²) in [4.78, 5) is 21.1. The molecule has 4 rings (SSSR count). The Labute approximate surface area is 188 Å². The fraction of sp³-hybridized carbons (Fsp3) is 0.217. The SMILES string of the molecule is Cc1cc(Br)c([O-])c(C=Nc2ccc([NH+]3CCN(C(=O)c4cccs4)CC3)cc2)c1. The Balaban J connectivity index is 1.38. The highest BCUT2D eigenvalue weighted by atomic mass is 79.9. The molecule has 0 saturated carbocycles. The van der Waals surface area contributed by atoms with Gasteiger partial charge in [-0.2, -0.15) is 0 Å². The van der Waals surface area contributed by atoms with Gasteiger partial charge in [0.2, 0.25) is 0 Å². The fourth-order valence-corrected chi connectivity index (χ4v) is 4.88. The summed E-state index contributed by atoms with van der Waals surface area (Å²) in [6.07, 6.45) is 1.62. The lowest BCUT2D eigenvalue weighted by Crippen LogP contribution is -3.10. The van der Waals surface area contributed by atoms with E-state index in [1.54, 1.807) is 6.21 Å². The van der Waals surface area contributed by atoms with E-state index in [0.717, 1.165) is 42.3 Å². The maximum absolute atomic E-state index is 12.5. The molecule has 2 heterocycles. The molecule has 1 amide bonds. The molecule has 0 aliphatic carbocycles. The molecule has 0 atom stereocenters. The summed E-state index contributed by atoms with van der Waals surface area (Å²) in [5, 5.41) is 14.1. The van der Waals surface area contributed by atoms with Crippen LogP contribution in [0.1, 0.15) is 20.8 Å². The van der Waals surface area contributed by atoms with E-state index in [1.165, 1.54) is 21.9 Å². The molecule has 1 N–H and O–H groups in total. The minimum Gasteiger partial charge on any atom is -0.871 e. The van der Waals surface area contributed by atoms with Gasteiger partial charge in [-0.25, -0.2) is 0 Å². The van der Waals surface area contributed by atoms with Crippen LogP contribution in [0.15, 0.2) is 63.4 Å². The van der Waals surface area contributed by atoms with Crippen LogP contribution in [0.5, 0.6) is 5.75 Å². The van der Waals surface area contributed by atoms with Crippen molar-refractivity contribution < 1.29 is 14.8 Å². The van der Waals surface area contributed by atoms with Crippen LogP contribution in [0.4, 0.5) is 11.4 Å². The van der Waals surface area contributed by atoms with Crippen LogP contribution < -0.4 is 10.0 Å². The van der Waals surface area contributed by atoms with Gasteiger partial charge in [-0.3, -0.25) is 14.7 Å². The van der Waals surface area contributed by atoms with Gasteiger partial charge in [-0.05, 0) is 47.7 Å². The maximum atomic E-state index is 12.5. The number of aliphatic imine (C=N–C) groups is 1. The summed E-state index contributed by atoms with van der Waals surface area (Å²) < 4.78 is 0.555. The van der Waals surface area contributed by atoms with Gasteiger partial charge >= 0.3 is 0 Å². The van der Waals surface area contributed by atoms with Crippen LogP contribution in [0.25, 0.3) is 0 Å². The van der Waals surface area contributed by atoms with Crippen molar-refractivity contribution in [3.8, 4) is 5.75 Å². The van der Waals surface area contributed by atoms with Crippen LogP contribution in [0.2, 0.25) is 0 Å². The number of amides is 1. The van der Waals surface area contributed by atoms with Crippen molar-refractivity contribution >= 4 is 50.8 Å². The molecular weight excluding hydrogens is 462 g/mol. The molecule has 0 radical (unpaired) electrons. The maximum Gasteiger partial charge on any atom is 0.264 e. The standard InChI is InChI=1S/C23H22BrN3O2S/c1-16-13-17(22(28)20(24)14-16)15-25-18-4-6-19(7-5-18)26-8-10-27(11-9-26)23(29)21-3-2-12-30-21/h2-7,12-15,28H,8-11H2,1H3. The molecule has 0 bridgehead atoms. The number of hydrogen-bond donors (Lipinski definition) is 1. The molecule has 0 unspecified atom stereocenters. The number of benzene rings is 2.